The molecule has 0 aromatic heterocycles. The molecule has 1 aliphatic carbocycles. The van der Waals surface area contributed by atoms with Crippen molar-refractivity contribution in [1.29, 1.82) is 0 Å². The van der Waals surface area contributed by atoms with Crippen molar-refractivity contribution in [1.82, 2.24) is 20.4 Å². The molecule has 2 rings (SSSR count). The Labute approximate surface area is 157 Å². The number of rotatable bonds is 5. The summed E-state index contributed by atoms with van der Waals surface area (Å²) in [5.41, 5.74) is 0. The van der Waals surface area contributed by atoms with Gasteiger partial charge < -0.3 is 20.4 Å². The van der Waals surface area contributed by atoms with Crippen LogP contribution in [-0.4, -0.2) is 80.1 Å². The molecule has 10 heteroatoms. The van der Waals surface area contributed by atoms with Gasteiger partial charge in [-0.15, -0.1) is 0 Å². The Kier molecular flexibility index (Phi) is 7.32. The van der Waals surface area contributed by atoms with Crippen LogP contribution in [0.15, 0.2) is 4.99 Å². The number of likely N-dealkylation sites (tertiary alicyclic amines) is 1. The number of carbonyl (C=O) groups is 2. The van der Waals surface area contributed by atoms with Crippen molar-refractivity contribution in [3.63, 3.8) is 0 Å². The number of guanidine groups is 1. The second kappa shape index (κ2) is 9.27. The molecule has 0 aromatic rings. The fourth-order valence-electron chi connectivity index (χ4n) is 3.55. The molecule has 1 unspecified atom stereocenters. The summed E-state index contributed by atoms with van der Waals surface area (Å²) in [5, 5.41) is 5.87. The number of alkyl halides is 3. The number of aliphatic imine (C=N–C) groups is 1. The van der Waals surface area contributed by atoms with Gasteiger partial charge in [-0.25, -0.2) is 0 Å². The number of hydrogen-bond donors (Lipinski definition) is 2. The average molecular weight is 391 g/mol. The van der Waals surface area contributed by atoms with Crippen LogP contribution in [0, 0.1) is 5.92 Å². The maximum atomic E-state index is 12.5. The third-order valence-electron chi connectivity index (χ3n) is 5.02. The minimum absolute atomic E-state index is 0.00422. The first kappa shape index (κ1) is 21.3. The van der Waals surface area contributed by atoms with Crippen molar-refractivity contribution in [3.8, 4) is 0 Å². The Bertz CT molecular complexity index is 561. The maximum Gasteiger partial charge on any atom is 0.406 e. The molecule has 2 fully saturated rings. The lowest BCUT2D eigenvalue weighted by Gasteiger charge is -2.22. The van der Waals surface area contributed by atoms with Crippen LogP contribution in [-0.2, 0) is 9.59 Å². The van der Waals surface area contributed by atoms with E-state index in [0.717, 1.165) is 39.2 Å². The largest absolute Gasteiger partial charge is 0.406 e. The number of carbonyl (C=O) groups excluding carboxylic acids is 2. The smallest absolute Gasteiger partial charge is 0.352 e. The summed E-state index contributed by atoms with van der Waals surface area (Å²) in [5.74, 6) is 0.00957. The molecule has 1 saturated carbocycles. The van der Waals surface area contributed by atoms with Gasteiger partial charge in [-0.2, -0.15) is 13.2 Å². The van der Waals surface area contributed by atoms with Gasteiger partial charge >= 0.3 is 6.18 Å². The van der Waals surface area contributed by atoms with Crippen LogP contribution in [0.5, 0.6) is 0 Å². The summed E-state index contributed by atoms with van der Waals surface area (Å²) in [6.45, 7) is -0.334. The predicted molar refractivity (Wildman–Crippen MR) is 95.1 cm³/mol. The third-order valence-corrected chi connectivity index (χ3v) is 5.02. The lowest BCUT2D eigenvalue weighted by atomic mass is 10.1. The van der Waals surface area contributed by atoms with Crippen LogP contribution in [0.3, 0.4) is 0 Å². The van der Waals surface area contributed by atoms with Crippen molar-refractivity contribution in [2.24, 2.45) is 10.9 Å². The summed E-state index contributed by atoms with van der Waals surface area (Å²) in [6.07, 6.45) is 0.484. The van der Waals surface area contributed by atoms with E-state index < -0.39 is 18.6 Å². The van der Waals surface area contributed by atoms with E-state index in [1.807, 2.05) is 4.90 Å². The number of nitrogens with zero attached hydrogens (tertiary/aromatic N) is 3. The van der Waals surface area contributed by atoms with E-state index in [1.54, 1.807) is 0 Å². The zero-order chi connectivity index (χ0) is 20.0. The number of likely N-dealkylation sites (N-methyl/N-ethyl adjacent to an activating group) is 1. The standard InChI is InChI=1S/C17H28F3N5O2/c1-21-16(22-9-14(26)24(2)11-17(18,19)20)23-13-7-8-25(10-13)15(27)12-5-3-4-6-12/h12-13H,3-11H2,1-2H3,(H2,21,22,23). The van der Waals surface area contributed by atoms with Crippen molar-refractivity contribution in [2.45, 2.75) is 44.3 Å². The molecule has 1 heterocycles. The van der Waals surface area contributed by atoms with Gasteiger partial charge in [-0.05, 0) is 19.3 Å². The van der Waals surface area contributed by atoms with Gasteiger partial charge in [0.1, 0.15) is 6.54 Å². The lowest BCUT2D eigenvalue weighted by molar-refractivity contribution is -0.157. The molecule has 0 aromatic carbocycles. The van der Waals surface area contributed by atoms with E-state index in [1.165, 1.54) is 7.05 Å². The summed E-state index contributed by atoms with van der Waals surface area (Å²) in [7, 11) is 2.63. The van der Waals surface area contributed by atoms with Gasteiger partial charge in [0.15, 0.2) is 5.96 Å². The van der Waals surface area contributed by atoms with Crippen LogP contribution >= 0.6 is 0 Å². The molecule has 0 bridgehead atoms. The first-order valence-corrected chi connectivity index (χ1v) is 9.26. The van der Waals surface area contributed by atoms with E-state index in [0.29, 0.717) is 23.9 Å². The van der Waals surface area contributed by atoms with E-state index in [4.69, 9.17) is 0 Å². The fourth-order valence-corrected chi connectivity index (χ4v) is 3.55. The van der Waals surface area contributed by atoms with E-state index in [2.05, 4.69) is 15.6 Å². The molecular weight excluding hydrogens is 363 g/mol. The highest BCUT2D eigenvalue weighted by atomic mass is 19.4. The minimum atomic E-state index is -4.43. The first-order valence-electron chi connectivity index (χ1n) is 9.26. The summed E-state index contributed by atoms with van der Waals surface area (Å²) >= 11 is 0. The Morgan fingerprint density at radius 1 is 1.22 bits per heavy atom. The van der Waals surface area contributed by atoms with E-state index >= 15 is 0 Å². The molecule has 1 aliphatic heterocycles. The third kappa shape index (κ3) is 6.59. The second-order valence-corrected chi connectivity index (χ2v) is 7.19. The number of halogens is 3. The van der Waals surface area contributed by atoms with Crippen LogP contribution in [0.2, 0.25) is 0 Å². The van der Waals surface area contributed by atoms with Gasteiger partial charge in [-0.1, -0.05) is 12.8 Å². The second-order valence-electron chi connectivity index (χ2n) is 7.19. The number of hydrogen-bond acceptors (Lipinski definition) is 3. The van der Waals surface area contributed by atoms with Crippen molar-refractivity contribution >= 4 is 17.8 Å². The van der Waals surface area contributed by atoms with Gasteiger partial charge in [0, 0.05) is 39.1 Å². The molecular formula is C17H28F3N5O2. The van der Waals surface area contributed by atoms with Crippen molar-refractivity contribution in [2.75, 3.05) is 40.3 Å². The lowest BCUT2D eigenvalue weighted by Crippen LogP contribution is -2.49. The molecule has 2 aliphatic rings. The number of nitrogens with one attached hydrogen (secondary N) is 2. The highest BCUT2D eigenvalue weighted by Gasteiger charge is 2.33. The van der Waals surface area contributed by atoms with Crippen LogP contribution in [0.4, 0.5) is 13.2 Å². The zero-order valence-corrected chi connectivity index (χ0v) is 15.8. The Morgan fingerprint density at radius 2 is 1.89 bits per heavy atom. The van der Waals surface area contributed by atoms with Gasteiger partial charge in [0.05, 0.1) is 6.54 Å². The van der Waals surface area contributed by atoms with E-state index in [9.17, 15) is 22.8 Å². The first-order chi connectivity index (χ1) is 12.7. The summed E-state index contributed by atoms with van der Waals surface area (Å²) in [6, 6.07) is 0.00422. The molecule has 1 atom stereocenters. The Morgan fingerprint density at radius 3 is 2.48 bits per heavy atom. The maximum absolute atomic E-state index is 12.5. The van der Waals surface area contributed by atoms with Gasteiger partial charge in [-0.3, -0.25) is 14.6 Å². The Balaban J connectivity index is 1.75. The molecule has 0 spiro atoms. The van der Waals surface area contributed by atoms with Gasteiger partial charge in [0.2, 0.25) is 11.8 Å². The average Bonchev–Trinajstić information content (AvgIpc) is 3.27. The van der Waals surface area contributed by atoms with Crippen molar-refractivity contribution in [3.05, 3.63) is 0 Å². The number of amides is 2. The molecule has 154 valence electrons. The molecule has 7 nitrogen and oxygen atoms in total. The van der Waals surface area contributed by atoms with Gasteiger partial charge in [0.25, 0.3) is 0 Å². The highest BCUT2D eigenvalue weighted by molar-refractivity contribution is 5.86. The fraction of sp³-hybridized carbons (Fsp3) is 0.824. The predicted octanol–water partition coefficient (Wildman–Crippen LogP) is 0.963. The zero-order valence-electron chi connectivity index (χ0n) is 15.8. The summed E-state index contributed by atoms with van der Waals surface area (Å²) in [4.78, 5) is 30.7. The van der Waals surface area contributed by atoms with Crippen LogP contribution < -0.4 is 10.6 Å². The highest BCUT2D eigenvalue weighted by Crippen LogP contribution is 2.27. The van der Waals surface area contributed by atoms with Crippen molar-refractivity contribution < 1.29 is 22.8 Å². The minimum Gasteiger partial charge on any atom is -0.352 e. The molecule has 1 saturated heterocycles. The SMILES string of the molecule is CN=C(NCC(=O)N(C)CC(F)(F)F)NC1CCN(C(=O)C2CCCC2)C1. The molecule has 2 N–H and O–H groups in total. The molecule has 0 radical (unpaired) electrons. The quantitative estimate of drug-likeness (QED) is 0.541. The normalized spacial score (nSPS) is 21.4. The Hall–Kier alpha value is -2.00. The van der Waals surface area contributed by atoms with E-state index in [-0.39, 0.29) is 24.4 Å². The summed E-state index contributed by atoms with van der Waals surface area (Å²) < 4.78 is 37.0. The molecule has 2 amide bonds. The molecule has 27 heavy (non-hydrogen) atoms. The van der Waals surface area contributed by atoms with Crippen LogP contribution in [0.25, 0.3) is 0 Å². The van der Waals surface area contributed by atoms with Crippen LogP contribution in [0.1, 0.15) is 32.1 Å². The monoisotopic (exact) mass is 391 g/mol. The topological polar surface area (TPSA) is 77.0 Å².